The Bertz CT molecular complexity index is 303. The van der Waals surface area contributed by atoms with Crippen LogP contribution in [0.2, 0.25) is 0 Å². The molecule has 0 radical (unpaired) electrons. The fraction of sp³-hybridized carbons (Fsp3) is 0.455. The average Bonchev–Trinajstić information content (AvgIpc) is 2.61. The summed E-state index contributed by atoms with van der Waals surface area (Å²) in [6.07, 6.45) is 2.32. The molecule has 0 aromatic heterocycles. The zero-order valence-corrected chi connectivity index (χ0v) is 7.81. The van der Waals surface area contributed by atoms with E-state index in [0.29, 0.717) is 6.04 Å². The van der Waals surface area contributed by atoms with Gasteiger partial charge < -0.3 is 5.32 Å². The molecule has 1 heterocycles. The molecule has 1 aromatic rings. The van der Waals surface area contributed by atoms with Gasteiger partial charge in [-0.15, -0.1) is 0 Å². The number of nitrogens with one attached hydrogen (secondary N) is 1. The number of rotatable bonds is 1. The summed E-state index contributed by atoms with van der Waals surface area (Å²) in [7, 11) is 0. The third-order valence-corrected chi connectivity index (χ3v) is 2.68. The van der Waals surface area contributed by atoms with Gasteiger partial charge in [0.2, 0.25) is 0 Å². The van der Waals surface area contributed by atoms with E-state index in [4.69, 9.17) is 0 Å². The summed E-state index contributed by atoms with van der Waals surface area (Å²) in [6, 6.07) is 5.40. The van der Waals surface area contributed by atoms with Crippen LogP contribution in [0.3, 0.4) is 0 Å². The van der Waals surface area contributed by atoms with Gasteiger partial charge in [-0.2, -0.15) is 0 Å². The van der Waals surface area contributed by atoms with Gasteiger partial charge in [0.05, 0.1) is 0 Å². The van der Waals surface area contributed by atoms with E-state index in [9.17, 15) is 4.39 Å². The van der Waals surface area contributed by atoms with Crippen LogP contribution in [0.5, 0.6) is 0 Å². The molecule has 1 saturated heterocycles. The van der Waals surface area contributed by atoms with Crippen molar-refractivity contribution in [3.63, 3.8) is 0 Å². The van der Waals surface area contributed by atoms with Crippen molar-refractivity contribution in [2.75, 3.05) is 6.54 Å². The highest BCUT2D eigenvalue weighted by molar-refractivity contribution is 5.30. The van der Waals surface area contributed by atoms with E-state index in [1.165, 1.54) is 18.1 Å². The van der Waals surface area contributed by atoms with Gasteiger partial charge in [-0.05, 0) is 49.6 Å². The molecule has 1 aliphatic heterocycles. The van der Waals surface area contributed by atoms with Gasteiger partial charge in [-0.3, -0.25) is 0 Å². The van der Waals surface area contributed by atoms with Crippen molar-refractivity contribution in [2.24, 2.45) is 0 Å². The van der Waals surface area contributed by atoms with Crippen molar-refractivity contribution in [1.29, 1.82) is 0 Å². The van der Waals surface area contributed by atoms with Crippen molar-refractivity contribution in [3.05, 3.63) is 35.1 Å². The predicted octanol–water partition coefficient (Wildman–Crippen LogP) is 2.56. The fourth-order valence-corrected chi connectivity index (χ4v) is 1.94. The van der Waals surface area contributed by atoms with Crippen LogP contribution in [0.1, 0.15) is 30.0 Å². The summed E-state index contributed by atoms with van der Waals surface area (Å²) in [5.74, 6) is -0.130. The summed E-state index contributed by atoms with van der Waals surface area (Å²) >= 11 is 0. The summed E-state index contributed by atoms with van der Waals surface area (Å²) in [4.78, 5) is 0. The van der Waals surface area contributed by atoms with E-state index in [-0.39, 0.29) is 5.82 Å². The molecule has 2 rings (SSSR count). The van der Waals surface area contributed by atoms with E-state index in [1.54, 1.807) is 6.07 Å². The lowest BCUT2D eigenvalue weighted by atomic mass is 10.00. The normalized spacial score (nSPS) is 22.2. The summed E-state index contributed by atoms with van der Waals surface area (Å²) in [5, 5.41) is 3.37. The van der Waals surface area contributed by atoms with Crippen LogP contribution in [0.4, 0.5) is 4.39 Å². The zero-order valence-electron chi connectivity index (χ0n) is 7.81. The molecule has 1 aliphatic rings. The first-order valence-electron chi connectivity index (χ1n) is 4.77. The molecule has 0 spiro atoms. The third kappa shape index (κ3) is 1.73. The molecule has 0 unspecified atom stereocenters. The number of halogens is 1. The van der Waals surface area contributed by atoms with Crippen LogP contribution >= 0.6 is 0 Å². The molecule has 0 aliphatic carbocycles. The molecule has 0 saturated carbocycles. The minimum absolute atomic E-state index is 0.130. The maximum Gasteiger partial charge on any atom is 0.123 e. The molecule has 1 N–H and O–H groups in total. The first-order valence-corrected chi connectivity index (χ1v) is 4.77. The van der Waals surface area contributed by atoms with Gasteiger partial charge in [-0.1, -0.05) is 6.07 Å². The Hall–Kier alpha value is -0.890. The van der Waals surface area contributed by atoms with E-state index in [0.717, 1.165) is 18.5 Å². The van der Waals surface area contributed by atoms with Crippen LogP contribution in [0.15, 0.2) is 18.2 Å². The monoisotopic (exact) mass is 179 g/mol. The average molecular weight is 179 g/mol. The van der Waals surface area contributed by atoms with Crippen LogP contribution in [-0.4, -0.2) is 6.54 Å². The Morgan fingerprint density at radius 2 is 2.31 bits per heavy atom. The number of benzene rings is 1. The molecule has 0 bridgehead atoms. The van der Waals surface area contributed by atoms with Crippen LogP contribution in [0, 0.1) is 12.7 Å². The van der Waals surface area contributed by atoms with Crippen molar-refractivity contribution >= 4 is 0 Å². The molecule has 1 nitrogen and oxygen atoms in total. The van der Waals surface area contributed by atoms with Crippen molar-refractivity contribution in [1.82, 2.24) is 5.32 Å². The lowest BCUT2D eigenvalue weighted by molar-refractivity contribution is 0.604. The summed E-state index contributed by atoms with van der Waals surface area (Å²) in [6.45, 7) is 3.09. The van der Waals surface area contributed by atoms with Gasteiger partial charge in [0.25, 0.3) is 0 Å². The highest BCUT2D eigenvalue weighted by Crippen LogP contribution is 2.26. The van der Waals surface area contributed by atoms with E-state index in [1.807, 2.05) is 13.0 Å². The molecule has 1 atom stereocenters. The van der Waals surface area contributed by atoms with Crippen LogP contribution in [0.25, 0.3) is 0 Å². The molecule has 1 fully saturated rings. The topological polar surface area (TPSA) is 12.0 Å². The Morgan fingerprint density at radius 1 is 1.46 bits per heavy atom. The number of hydrogen-bond acceptors (Lipinski definition) is 1. The van der Waals surface area contributed by atoms with Crippen LogP contribution in [-0.2, 0) is 0 Å². The molecule has 70 valence electrons. The standard InChI is InChI=1S/C11H14FN/c1-8-4-5-9(12)7-10(8)11-3-2-6-13-11/h4-5,7,11,13H,2-3,6H2,1H3/t11-/m1/s1. The highest BCUT2D eigenvalue weighted by atomic mass is 19.1. The third-order valence-electron chi connectivity index (χ3n) is 2.68. The van der Waals surface area contributed by atoms with Gasteiger partial charge in [0.15, 0.2) is 0 Å². The SMILES string of the molecule is Cc1ccc(F)cc1[C@H]1CCCN1. The zero-order chi connectivity index (χ0) is 9.26. The highest BCUT2D eigenvalue weighted by Gasteiger charge is 2.17. The summed E-state index contributed by atoms with van der Waals surface area (Å²) < 4.78 is 13.0. The minimum atomic E-state index is -0.130. The van der Waals surface area contributed by atoms with E-state index < -0.39 is 0 Å². The van der Waals surface area contributed by atoms with Crippen molar-refractivity contribution < 1.29 is 4.39 Å². The molecule has 13 heavy (non-hydrogen) atoms. The van der Waals surface area contributed by atoms with Gasteiger partial charge in [-0.25, -0.2) is 4.39 Å². The second-order valence-electron chi connectivity index (χ2n) is 3.65. The largest absolute Gasteiger partial charge is 0.310 e. The second-order valence-corrected chi connectivity index (χ2v) is 3.65. The predicted molar refractivity (Wildman–Crippen MR) is 51.1 cm³/mol. The molecular formula is C11H14FN. The van der Waals surface area contributed by atoms with E-state index in [2.05, 4.69) is 5.32 Å². The Labute approximate surface area is 78.0 Å². The van der Waals surface area contributed by atoms with Crippen molar-refractivity contribution in [3.8, 4) is 0 Å². The number of aryl methyl sites for hydroxylation is 1. The Balaban J connectivity index is 2.32. The second kappa shape index (κ2) is 3.46. The van der Waals surface area contributed by atoms with E-state index >= 15 is 0 Å². The maximum atomic E-state index is 13.0. The molecule has 2 heteroatoms. The molecular weight excluding hydrogens is 165 g/mol. The van der Waals surface area contributed by atoms with Gasteiger partial charge >= 0.3 is 0 Å². The molecule has 0 amide bonds. The Morgan fingerprint density at radius 3 is 3.00 bits per heavy atom. The quantitative estimate of drug-likeness (QED) is 0.698. The Kier molecular flexibility index (Phi) is 2.32. The number of hydrogen-bond donors (Lipinski definition) is 1. The first-order chi connectivity index (χ1) is 6.27. The van der Waals surface area contributed by atoms with Crippen molar-refractivity contribution in [2.45, 2.75) is 25.8 Å². The lowest BCUT2D eigenvalue weighted by Gasteiger charge is -2.13. The fourth-order valence-electron chi connectivity index (χ4n) is 1.94. The maximum absolute atomic E-state index is 13.0. The van der Waals surface area contributed by atoms with Gasteiger partial charge in [0.1, 0.15) is 5.82 Å². The first kappa shape index (κ1) is 8.70. The van der Waals surface area contributed by atoms with Crippen LogP contribution < -0.4 is 5.32 Å². The smallest absolute Gasteiger partial charge is 0.123 e. The molecule has 1 aromatic carbocycles. The lowest BCUT2D eigenvalue weighted by Crippen LogP contribution is -2.14. The minimum Gasteiger partial charge on any atom is -0.310 e. The summed E-state index contributed by atoms with van der Waals surface area (Å²) in [5.41, 5.74) is 2.30. The van der Waals surface area contributed by atoms with Gasteiger partial charge in [0, 0.05) is 6.04 Å².